The lowest BCUT2D eigenvalue weighted by Gasteiger charge is -2.04. The molecule has 0 fully saturated rings. The van der Waals surface area contributed by atoms with Crippen LogP contribution in [0.5, 0.6) is 5.75 Å². The zero-order valence-electron chi connectivity index (χ0n) is 14.8. The van der Waals surface area contributed by atoms with E-state index >= 15 is 0 Å². The highest BCUT2D eigenvalue weighted by molar-refractivity contribution is 7.71. The van der Waals surface area contributed by atoms with Crippen LogP contribution in [0.4, 0.5) is 5.13 Å². The summed E-state index contributed by atoms with van der Waals surface area (Å²) in [5.74, 6) is 1.43. The van der Waals surface area contributed by atoms with Gasteiger partial charge in [0.25, 0.3) is 0 Å². The third-order valence-corrected chi connectivity index (χ3v) is 4.93. The van der Waals surface area contributed by atoms with Crippen LogP contribution in [0, 0.1) is 4.77 Å². The number of aromatic amines is 1. The molecular weight excluding hydrogens is 382 g/mol. The number of rotatable bonds is 8. The number of thiazole rings is 1. The molecule has 7 nitrogen and oxygen atoms in total. The molecule has 3 aromatic rings. The lowest BCUT2D eigenvalue weighted by Crippen LogP contribution is -2.14. The molecule has 1 amide bonds. The van der Waals surface area contributed by atoms with Gasteiger partial charge in [-0.05, 0) is 29.9 Å². The van der Waals surface area contributed by atoms with Crippen molar-refractivity contribution in [2.75, 3.05) is 12.4 Å². The lowest BCUT2D eigenvalue weighted by atomic mass is 10.1. The van der Waals surface area contributed by atoms with Crippen LogP contribution in [0.15, 0.2) is 42.3 Å². The maximum absolute atomic E-state index is 12.2. The van der Waals surface area contributed by atoms with Crippen LogP contribution >= 0.6 is 23.6 Å². The van der Waals surface area contributed by atoms with Gasteiger partial charge in [0.2, 0.25) is 5.91 Å². The summed E-state index contributed by atoms with van der Waals surface area (Å²) >= 11 is 6.59. The number of amides is 1. The Bertz CT molecular complexity index is 988. The Hall–Kier alpha value is -2.78. The molecule has 0 atom stereocenters. The van der Waals surface area contributed by atoms with Gasteiger partial charge in [0.15, 0.2) is 9.90 Å². The van der Waals surface area contributed by atoms with Crippen LogP contribution < -0.4 is 10.1 Å². The van der Waals surface area contributed by atoms with Gasteiger partial charge in [-0.3, -0.25) is 14.5 Å². The first kappa shape index (κ1) is 19.0. The van der Waals surface area contributed by atoms with Gasteiger partial charge in [-0.1, -0.05) is 18.2 Å². The largest absolute Gasteiger partial charge is 0.497 e. The van der Waals surface area contributed by atoms with Gasteiger partial charge in [-0.25, -0.2) is 4.98 Å². The molecule has 140 valence electrons. The number of carbonyl (C=O) groups is 1. The second-order valence-corrected chi connectivity index (χ2v) is 6.98. The summed E-state index contributed by atoms with van der Waals surface area (Å²) in [6, 6.07) is 7.40. The first-order valence-corrected chi connectivity index (χ1v) is 9.50. The number of anilines is 1. The molecule has 0 radical (unpaired) electrons. The average molecular weight is 402 g/mol. The highest BCUT2D eigenvalue weighted by Crippen LogP contribution is 2.18. The second kappa shape index (κ2) is 8.74. The maximum Gasteiger partial charge on any atom is 0.230 e. The molecule has 0 saturated carbocycles. The summed E-state index contributed by atoms with van der Waals surface area (Å²) in [5.41, 5.74) is 1.73. The van der Waals surface area contributed by atoms with Crippen molar-refractivity contribution in [1.29, 1.82) is 0 Å². The van der Waals surface area contributed by atoms with Gasteiger partial charge in [0, 0.05) is 11.9 Å². The van der Waals surface area contributed by atoms with Crippen molar-refractivity contribution < 1.29 is 9.53 Å². The van der Waals surface area contributed by atoms with Crippen molar-refractivity contribution in [3.63, 3.8) is 0 Å². The summed E-state index contributed by atoms with van der Waals surface area (Å²) in [7, 11) is 1.61. The number of aromatic nitrogens is 4. The number of ether oxygens (including phenoxy) is 1. The van der Waals surface area contributed by atoms with E-state index in [4.69, 9.17) is 17.0 Å². The number of hydrogen-bond acceptors (Lipinski definition) is 6. The molecule has 0 aliphatic heterocycles. The van der Waals surface area contributed by atoms with Crippen molar-refractivity contribution in [3.05, 3.63) is 64.2 Å². The highest BCUT2D eigenvalue weighted by atomic mass is 32.1. The Labute approximate surface area is 165 Å². The van der Waals surface area contributed by atoms with E-state index in [2.05, 4.69) is 27.1 Å². The maximum atomic E-state index is 12.2. The Morgan fingerprint density at radius 2 is 2.22 bits per heavy atom. The van der Waals surface area contributed by atoms with Gasteiger partial charge in [0.1, 0.15) is 11.6 Å². The molecular formula is C18H19N5O2S2. The minimum atomic E-state index is -0.115. The number of carbonyl (C=O) groups excluding carboxylic acids is 1. The fraction of sp³-hybridized carbons (Fsp3) is 0.222. The Morgan fingerprint density at radius 3 is 2.93 bits per heavy atom. The van der Waals surface area contributed by atoms with Crippen LogP contribution in [0.3, 0.4) is 0 Å². The number of nitrogens with zero attached hydrogens (tertiary/aromatic N) is 3. The van der Waals surface area contributed by atoms with E-state index in [-0.39, 0.29) is 12.3 Å². The van der Waals surface area contributed by atoms with E-state index < -0.39 is 0 Å². The molecule has 0 aliphatic rings. The molecule has 1 aromatic carbocycles. The first-order valence-electron chi connectivity index (χ1n) is 8.21. The minimum absolute atomic E-state index is 0.115. The van der Waals surface area contributed by atoms with E-state index in [1.54, 1.807) is 13.2 Å². The fourth-order valence-electron chi connectivity index (χ4n) is 2.50. The molecule has 0 aliphatic carbocycles. The summed E-state index contributed by atoms with van der Waals surface area (Å²) < 4.78 is 7.53. The Kier molecular flexibility index (Phi) is 6.15. The summed E-state index contributed by atoms with van der Waals surface area (Å²) in [6.45, 7) is 4.31. The van der Waals surface area contributed by atoms with Crippen LogP contribution in [0.25, 0.3) is 0 Å². The monoisotopic (exact) mass is 401 g/mol. The summed E-state index contributed by atoms with van der Waals surface area (Å²) in [4.78, 5) is 16.7. The predicted octanol–water partition coefficient (Wildman–Crippen LogP) is 3.36. The van der Waals surface area contributed by atoms with Crippen molar-refractivity contribution in [1.82, 2.24) is 19.7 Å². The average Bonchev–Trinajstić information content (AvgIpc) is 3.24. The van der Waals surface area contributed by atoms with Crippen molar-refractivity contribution in [2.24, 2.45) is 0 Å². The molecule has 2 heterocycles. The highest BCUT2D eigenvalue weighted by Gasteiger charge is 2.11. The number of allylic oxidation sites excluding steroid dienone is 1. The van der Waals surface area contributed by atoms with Crippen LogP contribution in [0.2, 0.25) is 0 Å². The molecule has 0 bridgehead atoms. The summed E-state index contributed by atoms with van der Waals surface area (Å²) in [5, 5.41) is 12.3. The van der Waals surface area contributed by atoms with Crippen molar-refractivity contribution in [3.8, 4) is 5.75 Å². The predicted molar refractivity (Wildman–Crippen MR) is 108 cm³/mol. The van der Waals surface area contributed by atoms with E-state index in [0.717, 1.165) is 22.8 Å². The third-order valence-electron chi connectivity index (χ3n) is 3.81. The number of hydrogen-bond donors (Lipinski definition) is 2. The molecule has 3 rings (SSSR count). The van der Waals surface area contributed by atoms with Gasteiger partial charge >= 0.3 is 0 Å². The van der Waals surface area contributed by atoms with E-state index in [9.17, 15) is 4.79 Å². The van der Waals surface area contributed by atoms with E-state index in [0.29, 0.717) is 22.9 Å². The van der Waals surface area contributed by atoms with Gasteiger partial charge < -0.3 is 10.1 Å². The van der Waals surface area contributed by atoms with E-state index in [1.165, 1.54) is 11.3 Å². The van der Waals surface area contributed by atoms with Crippen molar-refractivity contribution in [2.45, 2.75) is 19.4 Å². The van der Waals surface area contributed by atoms with Crippen LogP contribution in [-0.4, -0.2) is 32.8 Å². The molecule has 0 spiro atoms. The molecule has 2 aromatic heterocycles. The van der Waals surface area contributed by atoms with Gasteiger partial charge in [-0.15, -0.1) is 17.9 Å². The SMILES string of the molecule is C=CCn1c(Cc2csc(NC(=O)Cc3ccc(OC)cc3)n2)n[nH]c1=S. The first-order chi connectivity index (χ1) is 13.1. The zero-order chi connectivity index (χ0) is 19.2. The smallest absolute Gasteiger partial charge is 0.230 e. The molecule has 2 N–H and O–H groups in total. The molecule has 0 saturated heterocycles. The zero-order valence-corrected chi connectivity index (χ0v) is 16.4. The number of methoxy groups -OCH3 is 1. The van der Waals surface area contributed by atoms with E-state index in [1.807, 2.05) is 34.2 Å². The minimum Gasteiger partial charge on any atom is -0.497 e. The van der Waals surface area contributed by atoms with Gasteiger partial charge in [0.05, 0.1) is 25.6 Å². The lowest BCUT2D eigenvalue weighted by molar-refractivity contribution is -0.115. The third kappa shape index (κ3) is 4.89. The molecule has 9 heteroatoms. The van der Waals surface area contributed by atoms with Gasteiger partial charge in [-0.2, -0.15) is 5.10 Å². The van der Waals surface area contributed by atoms with Crippen LogP contribution in [0.1, 0.15) is 17.1 Å². The topological polar surface area (TPSA) is 84.8 Å². The fourth-order valence-corrected chi connectivity index (χ4v) is 3.45. The Morgan fingerprint density at radius 1 is 1.44 bits per heavy atom. The van der Waals surface area contributed by atoms with Crippen LogP contribution in [-0.2, 0) is 24.2 Å². The Balaban J connectivity index is 1.61. The number of nitrogens with one attached hydrogen (secondary N) is 2. The number of H-pyrrole nitrogens is 1. The van der Waals surface area contributed by atoms with Crippen molar-refractivity contribution >= 4 is 34.6 Å². The quantitative estimate of drug-likeness (QED) is 0.447. The molecule has 0 unspecified atom stereocenters. The summed E-state index contributed by atoms with van der Waals surface area (Å²) in [6.07, 6.45) is 2.56. The molecule has 27 heavy (non-hydrogen) atoms. The standard InChI is InChI=1S/C18H19N5O2S2/c1-3-8-23-15(21-22-18(23)26)10-13-11-27-17(19-13)20-16(24)9-12-4-6-14(25-2)7-5-12/h3-7,11H,1,8-10H2,2H3,(H,22,26)(H,19,20,24). The normalized spacial score (nSPS) is 10.6. The second-order valence-electron chi connectivity index (χ2n) is 5.74. The number of benzene rings is 1.